The molecule has 5 heavy (non-hydrogen) atoms. The van der Waals surface area contributed by atoms with E-state index in [2.05, 4.69) is 5.73 Å². The molecule has 0 heterocycles. The molecule has 0 bridgehead atoms. The van der Waals surface area contributed by atoms with Gasteiger partial charge in [0.25, 0.3) is 0 Å². The zero-order valence-corrected chi connectivity index (χ0v) is 2.76. The van der Waals surface area contributed by atoms with Crippen LogP contribution in [-0.2, 0) is 0 Å². The molecule has 0 fully saturated rings. The molecule has 0 aliphatic heterocycles. The van der Waals surface area contributed by atoms with Gasteiger partial charge in [0.15, 0.2) is 0 Å². The molecule has 0 saturated heterocycles. The molecule has 0 rings (SSSR count). The summed E-state index contributed by atoms with van der Waals surface area (Å²) in [5.74, 6) is 0. The number of rotatable bonds is 1. The molecule has 0 aromatic rings. The molecule has 3 heteroatoms. The van der Waals surface area contributed by atoms with Crippen LogP contribution < -0.4 is 5.73 Å². The van der Waals surface area contributed by atoms with Crippen LogP contribution in [-0.4, -0.2) is 23.0 Å². The second kappa shape index (κ2) is 2.14. The van der Waals surface area contributed by atoms with E-state index in [9.17, 15) is 0 Å². The molecule has 4 N–H and O–H groups in total. The molecule has 0 aromatic heterocycles. The van der Waals surface area contributed by atoms with Crippen molar-refractivity contribution < 1.29 is 10.2 Å². The maximum absolute atomic E-state index is 7.89. The van der Waals surface area contributed by atoms with Crippen LogP contribution >= 0.6 is 0 Å². The van der Waals surface area contributed by atoms with Crippen molar-refractivity contribution in [1.82, 2.24) is 0 Å². The third-order valence-corrected chi connectivity index (χ3v) is 0.187. The summed E-state index contributed by atoms with van der Waals surface area (Å²) in [4.78, 5) is 0. The molecule has 0 radical (unpaired) electrons. The second-order valence-corrected chi connectivity index (χ2v) is 0.750. The van der Waals surface area contributed by atoms with Crippen LogP contribution in [0.1, 0.15) is 0 Å². The highest BCUT2D eigenvalue weighted by Gasteiger charge is 1.83. The van der Waals surface area contributed by atoms with E-state index in [0.717, 1.165) is 0 Å². The topological polar surface area (TPSA) is 66.5 Å². The third kappa shape index (κ3) is 3.88. The molecule has 0 spiro atoms. The van der Waals surface area contributed by atoms with Crippen LogP contribution in [0.4, 0.5) is 0 Å². The van der Waals surface area contributed by atoms with Crippen molar-refractivity contribution in [2.75, 3.05) is 6.61 Å². The van der Waals surface area contributed by atoms with Crippen molar-refractivity contribution in [2.24, 2.45) is 5.73 Å². The van der Waals surface area contributed by atoms with E-state index in [1.165, 1.54) is 0 Å². The molecular formula is C2H7NO2. The van der Waals surface area contributed by atoms with Crippen molar-refractivity contribution in [3.63, 3.8) is 0 Å². The van der Waals surface area contributed by atoms with Gasteiger partial charge in [-0.1, -0.05) is 0 Å². The van der Waals surface area contributed by atoms with Crippen LogP contribution in [0.25, 0.3) is 0 Å². The quantitative estimate of drug-likeness (QED) is 0.325. The average molecular weight is 77.1 g/mol. The van der Waals surface area contributed by atoms with Crippen molar-refractivity contribution in [1.29, 1.82) is 0 Å². The van der Waals surface area contributed by atoms with Gasteiger partial charge in [-0.3, -0.25) is 0 Å². The first-order valence-electron chi connectivity index (χ1n) is 1.32. The summed E-state index contributed by atoms with van der Waals surface area (Å²) in [7, 11) is 0. The first kappa shape index (κ1) is 4.88. The van der Waals surface area contributed by atoms with Gasteiger partial charge in [0.05, 0.1) is 6.61 Å². The average Bonchev–Trinajstić information content (AvgIpc) is 1.38. The maximum atomic E-state index is 7.89. The SMILES string of the molecule is NC(O)CO. The Labute approximate surface area is 30.0 Å². The van der Waals surface area contributed by atoms with Crippen LogP contribution in [0.3, 0.4) is 0 Å². The minimum absolute atomic E-state index is 0.361. The van der Waals surface area contributed by atoms with Crippen LogP contribution in [0.15, 0.2) is 0 Å². The predicted octanol–water partition coefficient (Wildman–Crippen LogP) is -1.74. The molecule has 1 atom stereocenters. The molecule has 1 unspecified atom stereocenters. The predicted molar refractivity (Wildman–Crippen MR) is 17.3 cm³/mol. The van der Waals surface area contributed by atoms with Gasteiger partial charge in [0.1, 0.15) is 6.23 Å². The van der Waals surface area contributed by atoms with E-state index in [0.29, 0.717) is 0 Å². The van der Waals surface area contributed by atoms with Crippen LogP contribution in [0.5, 0.6) is 0 Å². The van der Waals surface area contributed by atoms with Crippen molar-refractivity contribution in [3.05, 3.63) is 0 Å². The lowest BCUT2D eigenvalue weighted by Gasteiger charge is -1.91. The molecule has 32 valence electrons. The van der Waals surface area contributed by atoms with Crippen LogP contribution in [0, 0.1) is 0 Å². The Morgan fingerprint density at radius 3 is 2.00 bits per heavy atom. The second-order valence-electron chi connectivity index (χ2n) is 0.750. The monoisotopic (exact) mass is 77.0 g/mol. The Hall–Kier alpha value is -0.120. The molecule has 0 saturated carbocycles. The number of nitrogens with two attached hydrogens (primary N) is 1. The fraction of sp³-hybridized carbons (Fsp3) is 1.00. The van der Waals surface area contributed by atoms with Crippen LogP contribution in [0.2, 0.25) is 0 Å². The van der Waals surface area contributed by atoms with Gasteiger partial charge in [-0.05, 0) is 0 Å². The highest BCUT2D eigenvalue weighted by molar-refractivity contribution is 4.30. The largest absolute Gasteiger partial charge is 0.392 e. The van der Waals surface area contributed by atoms with Gasteiger partial charge in [-0.15, -0.1) is 0 Å². The van der Waals surface area contributed by atoms with Gasteiger partial charge in [0.2, 0.25) is 0 Å². The lowest BCUT2D eigenvalue weighted by molar-refractivity contribution is 0.101. The summed E-state index contributed by atoms with van der Waals surface area (Å²) in [6.07, 6.45) is -1.06. The minimum Gasteiger partial charge on any atom is -0.392 e. The van der Waals surface area contributed by atoms with E-state index < -0.39 is 6.23 Å². The van der Waals surface area contributed by atoms with Crippen molar-refractivity contribution >= 4 is 0 Å². The number of hydrogen-bond donors (Lipinski definition) is 3. The van der Waals surface area contributed by atoms with E-state index in [-0.39, 0.29) is 6.61 Å². The van der Waals surface area contributed by atoms with E-state index >= 15 is 0 Å². The summed E-state index contributed by atoms with van der Waals surface area (Å²) < 4.78 is 0. The normalized spacial score (nSPS) is 15.0. The molecule has 0 aromatic carbocycles. The van der Waals surface area contributed by atoms with Gasteiger partial charge in [0, 0.05) is 0 Å². The van der Waals surface area contributed by atoms with Gasteiger partial charge in [-0.25, -0.2) is 0 Å². The van der Waals surface area contributed by atoms with Gasteiger partial charge < -0.3 is 15.9 Å². The summed E-state index contributed by atoms with van der Waals surface area (Å²) in [5.41, 5.74) is 4.60. The Morgan fingerprint density at radius 2 is 2.00 bits per heavy atom. The lowest BCUT2D eigenvalue weighted by atomic mass is 10.7. The highest BCUT2D eigenvalue weighted by Crippen LogP contribution is 1.55. The first-order chi connectivity index (χ1) is 2.27. The Bertz CT molecular complexity index is 21.6. The zero-order chi connectivity index (χ0) is 4.28. The van der Waals surface area contributed by atoms with Gasteiger partial charge >= 0.3 is 0 Å². The Balaban J connectivity index is 2.54. The first-order valence-corrected chi connectivity index (χ1v) is 1.32. The molecule has 0 aliphatic rings. The molecule has 0 amide bonds. The number of aliphatic hydroxyl groups is 2. The smallest absolute Gasteiger partial charge is 0.125 e. The van der Waals surface area contributed by atoms with E-state index in [1.807, 2.05) is 0 Å². The minimum atomic E-state index is -1.06. The maximum Gasteiger partial charge on any atom is 0.125 e. The summed E-state index contributed by atoms with van der Waals surface area (Å²) in [6, 6.07) is 0. The fourth-order valence-electron chi connectivity index (χ4n) is 0. The zero-order valence-electron chi connectivity index (χ0n) is 2.76. The number of aliphatic hydroxyl groups excluding tert-OH is 2. The Kier molecular flexibility index (Phi) is 2.09. The Morgan fingerprint density at radius 1 is 1.80 bits per heavy atom. The lowest BCUT2D eigenvalue weighted by Crippen LogP contribution is -2.22. The van der Waals surface area contributed by atoms with Gasteiger partial charge in [-0.2, -0.15) is 0 Å². The third-order valence-electron chi connectivity index (χ3n) is 0.187. The van der Waals surface area contributed by atoms with E-state index in [4.69, 9.17) is 10.2 Å². The summed E-state index contributed by atoms with van der Waals surface area (Å²) in [5, 5.41) is 15.7. The summed E-state index contributed by atoms with van der Waals surface area (Å²) in [6.45, 7) is -0.361. The van der Waals surface area contributed by atoms with Crippen molar-refractivity contribution in [3.8, 4) is 0 Å². The molecule has 3 nitrogen and oxygen atoms in total. The van der Waals surface area contributed by atoms with E-state index in [1.54, 1.807) is 0 Å². The number of hydrogen-bond acceptors (Lipinski definition) is 3. The molecule has 0 aliphatic carbocycles. The fourth-order valence-corrected chi connectivity index (χ4v) is 0. The molecular weight excluding hydrogens is 70.0 g/mol. The van der Waals surface area contributed by atoms with Crippen molar-refractivity contribution in [2.45, 2.75) is 6.23 Å². The standard InChI is InChI=1S/C2H7NO2/c3-2(5)1-4/h2,4-5H,1,3H2. The highest BCUT2D eigenvalue weighted by atomic mass is 16.3. The summed E-state index contributed by atoms with van der Waals surface area (Å²) >= 11 is 0.